The van der Waals surface area contributed by atoms with Crippen molar-refractivity contribution in [1.29, 1.82) is 0 Å². The van der Waals surface area contributed by atoms with Crippen LogP contribution in [0, 0.1) is 5.92 Å². The Morgan fingerprint density at radius 2 is 1.75 bits per heavy atom. The van der Waals surface area contributed by atoms with Gasteiger partial charge in [0.1, 0.15) is 11.6 Å². The molecule has 0 aromatic heterocycles. The Hall–Kier alpha value is -1.06. The minimum absolute atomic E-state index is 0.0188. The zero-order valence-corrected chi connectivity index (χ0v) is 11.1. The molecule has 0 rings (SSSR count). The van der Waals surface area contributed by atoms with E-state index in [0.717, 1.165) is 0 Å². The van der Waals surface area contributed by atoms with Crippen molar-refractivity contribution in [1.82, 2.24) is 5.32 Å². The van der Waals surface area contributed by atoms with Gasteiger partial charge in [-0.1, -0.05) is 20.8 Å². The predicted molar refractivity (Wildman–Crippen MR) is 62.9 cm³/mol. The number of esters is 1. The second kappa shape index (κ2) is 5.87. The minimum Gasteiger partial charge on any atom is -0.458 e. The number of nitrogens with one attached hydrogen (secondary N) is 1. The highest BCUT2D eigenvalue weighted by molar-refractivity contribution is 5.84. The monoisotopic (exact) mass is 229 g/mol. The van der Waals surface area contributed by atoms with Crippen molar-refractivity contribution in [2.45, 2.75) is 59.6 Å². The molecule has 4 nitrogen and oxygen atoms in total. The number of ether oxygens (including phenoxy) is 1. The first-order valence-corrected chi connectivity index (χ1v) is 5.69. The third-order valence-corrected chi connectivity index (χ3v) is 1.96. The lowest BCUT2D eigenvalue weighted by Crippen LogP contribution is -2.47. The molecule has 1 amide bonds. The van der Waals surface area contributed by atoms with E-state index in [1.54, 1.807) is 6.92 Å². The van der Waals surface area contributed by atoms with Crippen LogP contribution in [0.3, 0.4) is 0 Å². The molecule has 16 heavy (non-hydrogen) atoms. The Morgan fingerprint density at radius 1 is 1.25 bits per heavy atom. The van der Waals surface area contributed by atoms with Crippen LogP contribution in [0.15, 0.2) is 0 Å². The average Bonchev–Trinajstić information content (AvgIpc) is 2.09. The smallest absolute Gasteiger partial charge is 0.329 e. The highest BCUT2D eigenvalue weighted by Gasteiger charge is 2.28. The Bertz CT molecular complexity index is 253. The van der Waals surface area contributed by atoms with Crippen LogP contribution in [0.25, 0.3) is 0 Å². The van der Waals surface area contributed by atoms with Gasteiger partial charge < -0.3 is 10.1 Å². The summed E-state index contributed by atoms with van der Waals surface area (Å²) in [5, 5.41) is 2.68. The van der Waals surface area contributed by atoms with Gasteiger partial charge in [-0.05, 0) is 26.7 Å². The van der Waals surface area contributed by atoms with Crippen LogP contribution in [-0.2, 0) is 14.3 Å². The van der Waals surface area contributed by atoms with E-state index in [0.29, 0.717) is 6.42 Å². The summed E-state index contributed by atoms with van der Waals surface area (Å²) in [6, 6.07) is -0.563. The van der Waals surface area contributed by atoms with Gasteiger partial charge in [-0.15, -0.1) is 0 Å². The summed E-state index contributed by atoms with van der Waals surface area (Å²) in [5.74, 6) is -0.487. The SMILES string of the molecule is CCC(=O)N[C@H](C(=O)OC(C)(C)C)C(C)C. The fraction of sp³-hybridized carbons (Fsp3) is 0.833. The van der Waals surface area contributed by atoms with E-state index in [9.17, 15) is 9.59 Å². The maximum Gasteiger partial charge on any atom is 0.329 e. The van der Waals surface area contributed by atoms with E-state index >= 15 is 0 Å². The summed E-state index contributed by atoms with van der Waals surface area (Å²) in [4.78, 5) is 23.1. The van der Waals surface area contributed by atoms with Crippen molar-refractivity contribution in [3.8, 4) is 0 Å². The Balaban J connectivity index is 4.54. The zero-order chi connectivity index (χ0) is 12.9. The Kier molecular flexibility index (Phi) is 5.48. The summed E-state index contributed by atoms with van der Waals surface area (Å²) in [6.45, 7) is 10.9. The molecule has 0 fully saturated rings. The van der Waals surface area contributed by atoms with Gasteiger partial charge in [0.15, 0.2) is 0 Å². The predicted octanol–water partition coefficient (Wildman–Crippen LogP) is 1.88. The second-order valence-electron chi connectivity index (χ2n) is 5.18. The molecule has 0 bridgehead atoms. The van der Waals surface area contributed by atoms with Gasteiger partial charge in [-0.2, -0.15) is 0 Å². The first-order chi connectivity index (χ1) is 7.17. The Morgan fingerprint density at radius 3 is 2.06 bits per heavy atom. The fourth-order valence-corrected chi connectivity index (χ4v) is 1.14. The van der Waals surface area contributed by atoms with Crippen molar-refractivity contribution in [2.24, 2.45) is 5.92 Å². The highest BCUT2D eigenvalue weighted by Crippen LogP contribution is 2.12. The molecule has 0 spiro atoms. The number of amides is 1. The van der Waals surface area contributed by atoms with Crippen LogP contribution in [0.2, 0.25) is 0 Å². The van der Waals surface area contributed by atoms with Gasteiger partial charge >= 0.3 is 5.97 Å². The van der Waals surface area contributed by atoms with E-state index in [2.05, 4.69) is 5.32 Å². The normalized spacial score (nSPS) is 13.4. The minimum atomic E-state index is -0.563. The molecule has 0 unspecified atom stereocenters. The molecule has 0 aliphatic heterocycles. The maximum absolute atomic E-state index is 11.8. The largest absolute Gasteiger partial charge is 0.458 e. The van der Waals surface area contributed by atoms with E-state index in [1.807, 2.05) is 34.6 Å². The summed E-state index contributed by atoms with van der Waals surface area (Å²) in [6.07, 6.45) is 0.367. The van der Waals surface area contributed by atoms with E-state index in [1.165, 1.54) is 0 Å². The van der Waals surface area contributed by atoms with Gasteiger partial charge in [0, 0.05) is 6.42 Å². The Labute approximate surface area is 97.7 Å². The molecule has 0 saturated carbocycles. The average molecular weight is 229 g/mol. The van der Waals surface area contributed by atoms with Crippen molar-refractivity contribution in [3.05, 3.63) is 0 Å². The molecule has 0 saturated heterocycles. The van der Waals surface area contributed by atoms with Crippen molar-refractivity contribution < 1.29 is 14.3 Å². The van der Waals surface area contributed by atoms with E-state index in [4.69, 9.17) is 4.74 Å². The van der Waals surface area contributed by atoms with Gasteiger partial charge in [0.25, 0.3) is 0 Å². The second-order valence-corrected chi connectivity index (χ2v) is 5.18. The lowest BCUT2D eigenvalue weighted by Gasteiger charge is -2.26. The maximum atomic E-state index is 11.8. The number of rotatable bonds is 4. The van der Waals surface area contributed by atoms with Crippen LogP contribution < -0.4 is 5.32 Å². The molecule has 0 heterocycles. The first kappa shape index (κ1) is 14.9. The summed E-state index contributed by atoms with van der Waals surface area (Å²) >= 11 is 0. The summed E-state index contributed by atoms with van der Waals surface area (Å²) < 4.78 is 5.25. The number of hydrogen-bond donors (Lipinski definition) is 1. The molecule has 94 valence electrons. The van der Waals surface area contributed by atoms with E-state index in [-0.39, 0.29) is 17.8 Å². The topological polar surface area (TPSA) is 55.4 Å². The molecule has 0 aliphatic rings. The van der Waals surface area contributed by atoms with Gasteiger partial charge in [0.2, 0.25) is 5.91 Å². The molecule has 0 aromatic carbocycles. The molecule has 4 heteroatoms. The van der Waals surface area contributed by atoms with Crippen molar-refractivity contribution >= 4 is 11.9 Å². The van der Waals surface area contributed by atoms with Gasteiger partial charge in [0.05, 0.1) is 0 Å². The molecular formula is C12H23NO3. The molecule has 1 atom stereocenters. The van der Waals surface area contributed by atoms with Crippen LogP contribution in [0.4, 0.5) is 0 Å². The lowest BCUT2D eigenvalue weighted by atomic mass is 10.0. The third kappa shape index (κ3) is 5.73. The number of carbonyl (C=O) groups excluding carboxylic acids is 2. The van der Waals surface area contributed by atoms with Crippen LogP contribution in [-0.4, -0.2) is 23.5 Å². The van der Waals surface area contributed by atoms with Gasteiger partial charge in [-0.25, -0.2) is 4.79 Å². The zero-order valence-electron chi connectivity index (χ0n) is 11.1. The molecule has 0 radical (unpaired) electrons. The first-order valence-electron chi connectivity index (χ1n) is 5.69. The van der Waals surface area contributed by atoms with Crippen molar-refractivity contribution in [3.63, 3.8) is 0 Å². The molecule has 0 aliphatic carbocycles. The summed E-state index contributed by atoms with van der Waals surface area (Å²) in [7, 11) is 0. The molecule has 0 aromatic rings. The molecule has 1 N–H and O–H groups in total. The quantitative estimate of drug-likeness (QED) is 0.749. The summed E-state index contributed by atoms with van der Waals surface area (Å²) in [5.41, 5.74) is -0.527. The van der Waals surface area contributed by atoms with Crippen LogP contribution >= 0.6 is 0 Å². The number of hydrogen-bond acceptors (Lipinski definition) is 3. The van der Waals surface area contributed by atoms with Crippen LogP contribution in [0.1, 0.15) is 48.0 Å². The third-order valence-electron chi connectivity index (χ3n) is 1.96. The number of carbonyl (C=O) groups is 2. The van der Waals surface area contributed by atoms with Gasteiger partial charge in [-0.3, -0.25) is 4.79 Å². The lowest BCUT2D eigenvalue weighted by molar-refractivity contribution is -0.160. The molecular weight excluding hydrogens is 206 g/mol. The highest BCUT2D eigenvalue weighted by atomic mass is 16.6. The standard InChI is InChI=1S/C12H23NO3/c1-7-9(14)13-10(8(2)3)11(15)16-12(4,5)6/h8,10H,7H2,1-6H3,(H,13,14)/t10-/m0/s1. The van der Waals surface area contributed by atoms with Crippen LogP contribution in [0.5, 0.6) is 0 Å². The van der Waals surface area contributed by atoms with E-state index < -0.39 is 11.6 Å². The van der Waals surface area contributed by atoms with Crippen molar-refractivity contribution in [2.75, 3.05) is 0 Å². The fourth-order valence-electron chi connectivity index (χ4n) is 1.14.